The number of hydrogen-bond donors (Lipinski definition) is 1. The third kappa shape index (κ3) is 2.36. The number of nitrogens with one attached hydrogen (secondary N) is 1. The average molecular weight is 203 g/mol. The van der Waals surface area contributed by atoms with Crippen molar-refractivity contribution in [3.05, 3.63) is 36.3 Å². The third-order valence-electron chi connectivity index (χ3n) is 2.51. The molecule has 1 N–H and O–H groups in total. The van der Waals surface area contributed by atoms with Crippen LogP contribution in [-0.2, 0) is 6.54 Å². The van der Waals surface area contributed by atoms with Gasteiger partial charge in [-0.2, -0.15) is 0 Å². The highest BCUT2D eigenvalue weighted by atomic mass is 15.0. The largest absolute Gasteiger partial charge is 0.311 e. The molecule has 0 saturated heterocycles. The van der Waals surface area contributed by atoms with Gasteiger partial charge in [0.05, 0.1) is 11.9 Å². The second-order valence-electron chi connectivity index (χ2n) is 3.71. The minimum absolute atomic E-state index is 0.894. The van der Waals surface area contributed by atoms with E-state index in [1.165, 1.54) is 18.5 Å². The van der Waals surface area contributed by atoms with Crippen molar-refractivity contribution in [2.75, 3.05) is 6.54 Å². The van der Waals surface area contributed by atoms with E-state index in [0.29, 0.717) is 0 Å². The van der Waals surface area contributed by atoms with Crippen molar-refractivity contribution in [2.45, 2.75) is 26.3 Å². The predicted octanol–water partition coefficient (Wildman–Crippen LogP) is 2.22. The first-order chi connectivity index (χ1) is 7.42. The highest BCUT2D eigenvalue weighted by molar-refractivity contribution is 5.39. The first kappa shape index (κ1) is 10.2. The van der Waals surface area contributed by atoms with Crippen LogP contribution in [0.3, 0.4) is 0 Å². The molecule has 0 radical (unpaired) electrons. The Bertz CT molecular complexity index is 419. The van der Waals surface area contributed by atoms with E-state index in [1.54, 1.807) is 0 Å². The van der Waals surface area contributed by atoms with Gasteiger partial charge in [-0.1, -0.05) is 19.4 Å². The maximum absolute atomic E-state index is 4.34. The van der Waals surface area contributed by atoms with Crippen LogP contribution in [0.15, 0.2) is 30.6 Å². The molecule has 2 aromatic rings. The summed E-state index contributed by atoms with van der Waals surface area (Å²) >= 11 is 0. The SMILES string of the molecule is CCCCNCc1cnc2ccccn12. The molecule has 3 heteroatoms. The molecule has 0 spiro atoms. The van der Waals surface area contributed by atoms with Gasteiger partial charge < -0.3 is 9.72 Å². The minimum atomic E-state index is 0.894. The normalized spacial score (nSPS) is 11.0. The van der Waals surface area contributed by atoms with Gasteiger partial charge in [0, 0.05) is 12.7 Å². The summed E-state index contributed by atoms with van der Waals surface area (Å²) in [4.78, 5) is 4.34. The van der Waals surface area contributed by atoms with Gasteiger partial charge in [0.1, 0.15) is 5.65 Å². The molecule has 0 aliphatic heterocycles. The van der Waals surface area contributed by atoms with Crippen LogP contribution in [0.25, 0.3) is 5.65 Å². The maximum Gasteiger partial charge on any atom is 0.136 e. The van der Waals surface area contributed by atoms with Gasteiger partial charge in [-0.3, -0.25) is 0 Å². The zero-order valence-corrected chi connectivity index (χ0v) is 9.11. The second kappa shape index (κ2) is 4.94. The molecule has 80 valence electrons. The zero-order chi connectivity index (χ0) is 10.5. The highest BCUT2D eigenvalue weighted by Crippen LogP contribution is 2.05. The van der Waals surface area contributed by atoms with E-state index in [9.17, 15) is 0 Å². The van der Waals surface area contributed by atoms with E-state index < -0.39 is 0 Å². The van der Waals surface area contributed by atoms with E-state index in [0.717, 1.165) is 18.7 Å². The molecular formula is C12H17N3. The molecule has 0 atom stereocenters. The summed E-state index contributed by atoms with van der Waals surface area (Å²) in [5.74, 6) is 0. The van der Waals surface area contributed by atoms with E-state index in [2.05, 4.69) is 27.8 Å². The maximum atomic E-state index is 4.34. The summed E-state index contributed by atoms with van der Waals surface area (Å²) < 4.78 is 2.12. The molecule has 0 unspecified atom stereocenters. The van der Waals surface area contributed by atoms with Crippen LogP contribution in [0, 0.1) is 0 Å². The summed E-state index contributed by atoms with van der Waals surface area (Å²) in [5, 5.41) is 3.42. The van der Waals surface area contributed by atoms with Crippen molar-refractivity contribution in [3.8, 4) is 0 Å². The first-order valence-electron chi connectivity index (χ1n) is 5.53. The van der Waals surface area contributed by atoms with Crippen LogP contribution in [0.4, 0.5) is 0 Å². The summed E-state index contributed by atoms with van der Waals surface area (Å²) in [7, 11) is 0. The monoisotopic (exact) mass is 203 g/mol. The zero-order valence-electron chi connectivity index (χ0n) is 9.11. The number of unbranched alkanes of at least 4 members (excludes halogenated alkanes) is 1. The Morgan fingerprint density at radius 1 is 1.40 bits per heavy atom. The molecule has 0 amide bonds. The van der Waals surface area contributed by atoms with Crippen LogP contribution in [-0.4, -0.2) is 15.9 Å². The van der Waals surface area contributed by atoms with Gasteiger partial charge in [0.25, 0.3) is 0 Å². The molecule has 0 fully saturated rings. The van der Waals surface area contributed by atoms with Crippen molar-refractivity contribution in [1.29, 1.82) is 0 Å². The molecule has 0 bridgehead atoms. The van der Waals surface area contributed by atoms with Crippen LogP contribution < -0.4 is 5.32 Å². The average Bonchev–Trinajstić information content (AvgIpc) is 2.68. The Labute approximate surface area is 90.1 Å². The van der Waals surface area contributed by atoms with Gasteiger partial charge in [-0.05, 0) is 25.1 Å². The van der Waals surface area contributed by atoms with E-state index in [-0.39, 0.29) is 0 Å². The van der Waals surface area contributed by atoms with E-state index in [4.69, 9.17) is 0 Å². The molecular weight excluding hydrogens is 186 g/mol. The first-order valence-corrected chi connectivity index (χ1v) is 5.53. The Morgan fingerprint density at radius 3 is 3.20 bits per heavy atom. The number of hydrogen-bond acceptors (Lipinski definition) is 2. The molecule has 2 rings (SSSR count). The molecule has 3 nitrogen and oxygen atoms in total. The minimum Gasteiger partial charge on any atom is -0.311 e. The topological polar surface area (TPSA) is 29.3 Å². The summed E-state index contributed by atoms with van der Waals surface area (Å²) in [6.45, 7) is 4.18. The van der Waals surface area contributed by atoms with Gasteiger partial charge in [-0.15, -0.1) is 0 Å². The Morgan fingerprint density at radius 2 is 2.33 bits per heavy atom. The van der Waals surface area contributed by atoms with Gasteiger partial charge >= 0.3 is 0 Å². The fourth-order valence-corrected chi connectivity index (χ4v) is 1.63. The molecule has 0 aliphatic rings. The number of fused-ring (bicyclic) bond motifs is 1. The summed E-state index contributed by atoms with van der Waals surface area (Å²) in [5.41, 5.74) is 2.24. The number of rotatable bonds is 5. The lowest BCUT2D eigenvalue weighted by Crippen LogP contribution is -2.15. The van der Waals surface area contributed by atoms with Crippen LogP contribution in [0.2, 0.25) is 0 Å². The van der Waals surface area contributed by atoms with Crippen LogP contribution in [0.5, 0.6) is 0 Å². The second-order valence-corrected chi connectivity index (χ2v) is 3.71. The van der Waals surface area contributed by atoms with Crippen molar-refractivity contribution >= 4 is 5.65 Å². The summed E-state index contributed by atoms with van der Waals surface area (Å²) in [6, 6.07) is 6.07. The Kier molecular flexibility index (Phi) is 3.35. The van der Waals surface area contributed by atoms with Crippen molar-refractivity contribution in [1.82, 2.24) is 14.7 Å². The molecule has 0 aromatic carbocycles. The van der Waals surface area contributed by atoms with Gasteiger partial charge in [0.15, 0.2) is 0 Å². The number of nitrogens with zero attached hydrogens (tertiary/aromatic N) is 2. The van der Waals surface area contributed by atoms with E-state index in [1.807, 2.05) is 24.4 Å². The Hall–Kier alpha value is -1.35. The lowest BCUT2D eigenvalue weighted by Gasteiger charge is -2.03. The highest BCUT2D eigenvalue weighted by Gasteiger charge is 2.00. The summed E-state index contributed by atoms with van der Waals surface area (Å²) in [6.07, 6.45) is 6.46. The Balaban J connectivity index is 2.02. The fraction of sp³-hybridized carbons (Fsp3) is 0.417. The molecule has 15 heavy (non-hydrogen) atoms. The van der Waals surface area contributed by atoms with Gasteiger partial charge in [-0.25, -0.2) is 4.98 Å². The van der Waals surface area contributed by atoms with Crippen molar-refractivity contribution in [3.63, 3.8) is 0 Å². The number of imidazole rings is 1. The standard InChI is InChI=1S/C12H17N3/c1-2-3-7-13-9-11-10-14-12-6-4-5-8-15(11)12/h4-6,8,10,13H,2-3,7,9H2,1H3. The van der Waals surface area contributed by atoms with Crippen LogP contribution >= 0.6 is 0 Å². The predicted molar refractivity (Wildman–Crippen MR) is 61.8 cm³/mol. The molecule has 0 saturated carbocycles. The van der Waals surface area contributed by atoms with E-state index >= 15 is 0 Å². The number of pyridine rings is 1. The molecule has 0 aliphatic carbocycles. The lowest BCUT2D eigenvalue weighted by molar-refractivity contribution is 0.631. The number of aromatic nitrogens is 2. The molecule has 2 aromatic heterocycles. The fourth-order valence-electron chi connectivity index (χ4n) is 1.63. The van der Waals surface area contributed by atoms with Crippen molar-refractivity contribution < 1.29 is 0 Å². The van der Waals surface area contributed by atoms with Crippen LogP contribution in [0.1, 0.15) is 25.5 Å². The third-order valence-corrected chi connectivity index (χ3v) is 2.51. The van der Waals surface area contributed by atoms with Gasteiger partial charge in [0.2, 0.25) is 0 Å². The lowest BCUT2D eigenvalue weighted by atomic mass is 10.3. The molecule has 2 heterocycles. The smallest absolute Gasteiger partial charge is 0.136 e. The quantitative estimate of drug-likeness (QED) is 0.755. The van der Waals surface area contributed by atoms with Crippen molar-refractivity contribution in [2.24, 2.45) is 0 Å².